The lowest BCUT2D eigenvalue weighted by atomic mass is 10.1. The Hall–Kier alpha value is -2.94. The molecule has 2 aromatic rings. The van der Waals surface area contributed by atoms with Crippen LogP contribution in [0.25, 0.3) is 0 Å². The average Bonchev–Trinajstić information content (AvgIpc) is 2.54. The number of benzene rings is 2. The fourth-order valence-electron chi connectivity index (χ4n) is 2.02. The third-order valence-corrected chi connectivity index (χ3v) is 4.59. The number of anilines is 1. The van der Waals surface area contributed by atoms with E-state index in [4.69, 9.17) is 0 Å². The zero-order chi connectivity index (χ0) is 17.9. The molecule has 126 valence electrons. The summed E-state index contributed by atoms with van der Waals surface area (Å²) >= 11 is 0. The molecule has 0 amide bonds. The van der Waals surface area contributed by atoms with E-state index in [9.17, 15) is 23.3 Å². The Morgan fingerprint density at radius 2 is 1.79 bits per heavy atom. The first-order chi connectivity index (χ1) is 11.3. The molecule has 0 aliphatic heterocycles. The van der Waals surface area contributed by atoms with Gasteiger partial charge in [-0.2, -0.15) is 0 Å². The third-order valence-electron chi connectivity index (χ3n) is 3.20. The standard InChI is InChI=1S/C15H14N2O6S/c1-10-6-8-11(9-7-10)24(21,22)16-12-4-3-5-13(17(19)20)14(12)15(18)23-2/h3-9,16H,1-2H3. The van der Waals surface area contributed by atoms with E-state index >= 15 is 0 Å². The summed E-state index contributed by atoms with van der Waals surface area (Å²) in [5, 5.41) is 11.1. The minimum Gasteiger partial charge on any atom is -0.465 e. The predicted molar refractivity (Wildman–Crippen MR) is 86.4 cm³/mol. The summed E-state index contributed by atoms with van der Waals surface area (Å²) in [6.45, 7) is 1.81. The lowest BCUT2D eigenvalue weighted by Crippen LogP contribution is -2.17. The molecule has 9 heteroatoms. The summed E-state index contributed by atoms with van der Waals surface area (Å²) in [5.74, 6) is -1.01. The van der Waals surface area contributed by atoms with Gasteiger partial charge >= 0.3 is 5.97 Å². The molecule has 0 radical (unpaired) electrons. The number of nitro benzene ring substituents is 1. The second-order valence-electron chi connectivity index (χ2n) is 4.87. The summed E-state index contributed by atoms with van der Waals surface area (Å²) in [5.41, 5.74) is -0.359. The van der Waals surface area contributed by atoms with Crippen molar-refractivity contribution < 1.29 is 22.9 Å². The number of methoxy groups -OCH3 is 1. The van der Waals surface area contributed by atoms with Crippen LogP contribution >= 0.6 is 0 Å². The highest BCUT2D eigenvalue weighted by Gasteiger charge is 2.27. The summed E-state index contributed by atoms with van der Waals surface area (Å²) in [7, 11) is -2.96. The summed E-state index contributed by atoms with van der Waals surface area (Å²) < 4.78 is 31.6. The Morgan fingerprint density at radius 3 is 2.33 bits per heavy atom. The highest BCUT2D eigenvalue weighted by Crippen LogP contribution is 2.29. The number of aryl methyl sites for hydroxylation is 1. The number of hydrogen-bond donors (Lipinski definition) is 1. The Labute approximate surface area is 138 Å². The monoisotopic (exact) mass is 350 g/mol. The first-order valence-corrected chi connectivity index (χ1v) is 8.20. The second kappa shape index (κ2) is 6.67. The molecular weight excluding hydrogens is 336 g/mol. The summed E-state index contributed by atoms with van der Waals surface area (Å²) in [6.07, 6.45) is 0. The zero-order valence-corrected chi connectivity index (χ0v) is 13.7. The molecule has 2 rings (SSSR count). The normalized spacial score (nSPS) is 10.9. The van der Waals surface area contributed by atoms with Crippen LogP contribution in [0, 0.1) is 17.0 Å². The van der Waals surface area contributed by atoms with Gasteiger partial charge in [0.15, 0.2) is 5.56 Å². The van der Waals surface area contributed by atoms with Crippen LogP contribution in [-0.4, -0.2) is 26.4 Å². The minimum absolute atomic E-state index is 0.0320. The SMILES string of the molecule is COC(=O)c1c(NS(=O)(=O)c2ccc(C)cc2)cccc1[N+](=O)[O-]. The van der Waals surface area contributed by atoms with E-state index in [2.05, 4.69) is 9.46 Å². The Balaban J connectivity index is 2.53. The molecule has 0 atom stereocenters. The molecule has 0 saturated heterocycles. The van der Waals surface area contributed by atoms with Crippen molar-refractivity contribution >= 4 is 27.4 Å². The molecule has 0 spiro atoms. The van der Waals surface area contributed by atoms with Crippen LogP contribution in [0.15, 0.2) is 47.4 Å². The van der Waals surface area contributed by atoms with Gasteiger partial charge in [0.1, 0.15) is 0 Å². The van der Waals surface area contributed by atoms with Crippen LogP contribution in [0.2, 0.25) is 0 Å². The fraction of sp³-hybridized carbons (Fsp3) is 0.133. The van der Waals surface area contributed by atoms with Crippen molar-refractivity contribution in [2.75, 3.05) is 11.8 Å². The maximum Gasteiger partial charge on any atom is 0.347 e. The Kier molecular flexibility index (Phi) is 4.84. The Bertz CT molecular complexity index is 891. The van der Waals surface area contributed by atoms with Gasteiger partial charge in [0.25, 0.3) is 15.7 Å². The van der Waals surface area contributed by atoms with Crippen LogP contribution in [0.3, 0.4) is 0 Å². The number of carbonyl (C=O) groups excluding carboxylic acids is 1. The molecule has 0 bridgehead atoms. The summed E-state index contributed by atoms with van der Waals surface area (Å²) in [4.78, 5) is 22.1. The van der Waals surface area contributed by atoms with Crippen molar-refractivity contribution in [1.82, 2.24) is 0 Å². The second-order valence-corrected chi connectivity index (χ2v) is 6.55. The van der Waals surface area contributed by atoms with E-state index in [1.54, 1.807) is 19.1 Å². The molecule has 2 aromatic carbocycles. The first-order valence-electron chi connectivity index (χ1n) is 6.71. The van der Waals surface area contributed by atoms with Gasteiger partial charge in [0.05, 0.1) is 22.6 Å². The Morgan fingerprint density at radius 1 is 1.17 bits per heavy atom. The number of ether oxygens (including phenoxy) is 1. The lowest BCUT2D eigenvalue weighted by Gasteiger charge is -2.12. The van der Waals surface area contributed by atoms with Gasteiger partial charge in [0.2, 0.25) is 0 Å². The van der Waals surface area contributed by atoms with E-state index in [0.29, 0.717) is 0 Å². The van der Waals surface area contributed by atoms with Crippen LogP contribution < -0.4 is 4.72 Å². The van der Waals surface area contributed by atoms with E-state index < -0.39 is 32.2 Å². The zero-order valence-electron chi connectivity index (χ0n) is 12.8. The number of nitrogens with zero attached hydrogens (tertiary/aromatic N) is 1. The van der Waals surface area contributed by atoms with E-state index in [1.807, 2.05) is 0 Å². The maximum atomic E-state index is 12.4. The molecule has 0 saturated carbocycles. The molecule has 0 aliphatic carbocycles. The predicted octanol–water partition coefficient (Wildman–Crippen LogP) is 2.49. The number of esters is 1. The average molecular weight is 350 g/mol. The first kappa shape index (κ1) is 17.4. The molecule has 0 aliphatic rings. The molecule has 1 N–H and O–H groups in total. The topological polar surface area (TPSA) is 116 Å². The van der Waals surface area contributed by atoms with Crippen LogP contribution in [-0.2, 0) is 14.8 Å². The highest BCUT2D eigenvalue weighted by atomic mass is 32.2. The van der Waals surface area contributed by atoms with Gasteiger partial charge in [-0.15, -0.1) is 0 Å². The number of nitro groups is 1. The van der Waals surface area contributed by atoms with Crippen LogP contribution in [0.4, 0.5) is 11.4 Å². The van der Waals surface area contributed by atoms with Crippen molar-refractivity contribution in [3.8, 4) is 0 Å². The molecule has 0 heterocycles. The van der Waals surface area contributed by atoms with Crippen molar-refractivity contribution in [3.63, 3.8) is 0 Å². The van der Waals surface area contributed by atoms with E-state index in [0.717, 1.165) is 18.7 Å². The van der Waals surface area contributed by atoms with Crippen LogP contribution in [0.1, 0.15) is 15.9 Å². The number of hydrogen-bond acceptors (Lipinski definition) is 6. The molecule has 8 nitrogen and oxygen atoms in total. The van der Waals surface area contributed by atoms with Gasteiger partial charge in [-0.1, -0.05) is 23.8 Å². The summed E-state index contributed by atoms with van der Waals surface area (Å²) in [6, 6.07) is 9.64. The van der Waals surface area contributed by atoms with Gasteiger partial charge in [-0.25, -0.2) is 13.2 Å². The highest BCUT2D eigenvalue weighted by molar-refractivity contribution is 7.92. The molecule has 24 heavy (non-hydrogen) atoms. The van der Waals surface area contributed by atoms with Crippen molar-refractivity contribution in [3.05, 3.63) is 63.7 Å². The smallest absolute Gasteiger partial charge is 0.347 e. The van der Waals surface area contributed by atoms with E-state index in [-0.39, 0.29) is 10.6 Å². The van der Waals surface area contributed by atoms with Crippen LogP contribution in [0.5, 0.6) is 0 Å². The number of carbonyl (C=O) groups is 1. The minimum atomic E-state index is -4.02. The molecule has 0 aromatic heterocycles. The molecule has 0 unspecified atom stereocenters. The number of nitrogens with one attached hydrogen (secondary N) is 1. The fourth-order valence-corrected chi connectivity index (χ4v) is 3.09. The largest absolute Gasteiger partial charge is 0.465 e. The van der Waals surface area contributed by atoms with Gasteiger partial charge < -0.3 is 4.74 Å². The van der Waals surface area contributed by atoms with Gasteiger partial charge in [0, 0.05) is 6.07 Å². The number of rotatable bonds is 5. The molecule has 0 fully saturated rings. The third kappa shape index (κ3) is 3.51. The van der Waals surface area contributed by atoms with Crippen molar-refractivity contribution in [2.45, 2.75) is 11.8 Å². The molecular formula is C15H14N2O6S. The van der Waals surface area contributed by atoms with Crippen molar-refractivity contribution in [1.29, 1.82) is 0 Å². The number of sulfonamides is 1. The maximum absolute atomic E-state index is 12.4. The van der Waals surface area contributed by atoms with Gasteiger partial charge in [-0.05, 0) is 25.1 Å². The van der Waals surface area contributed by atoms with Crippen molar-refractivity contribution in [2.24, 2.45) is 0 Å². The quantitative estimate of drug-likeness (QED) is 0.503. The van der Waals surface area contributed by atoms with Gasteiger partial charge in [-0.3, -0.25) is 14.8 Å². The lowest BCUT2D eigenvalue weighted by molar-refractivity contribution is -0.385. The van der Waals surface area contributed by atoms with E-state index in [1.165, 1.54) is 24.3 Å².